The van der Waals surface area contributed by atoms with E-state index in [0.717, 1.165) is 199 Å². The van der Waals surface area contributed by atoms with E-state index < -0.39 is 0 Å². The lowest BCUT2D eigenvalue weighted by atomic mass is 9.97. The molecule has 22 aromatic rings. The molecule has 12 nitrogen and oxygen atoms in total. The van der Waals surface area contributed by atoms with Crippen LogP contribution < -0.4 is 0 Å². The zero-order valence-corrected chi connectivity index (χ0v) is 64.2. The van der Waals surface area contributed by atoms with Gasteiger partial charge in [0.15, 0.2) is 5.82 Å². The zero-order valence-electron chi connectivity index (χ0n) is 64.2. The molecule has 0 radical (unpaired) electrons. The van der Waals surface area contributed by atoms with Gasteiger partial charge < -0.3 is 18.3 Å². The molecule has 7 aromatic heterocycles. The molecule has 0 aliphatic heterocycles. The van der Waals surface area contributed by atoms with Crippen molar-refractivity contribution in [2.75, 3.05) is 0 Å². The van der Waals surface area contributed by atoms with Crippen molar-refractivity contribution in [3.8, 4) is 148 Å². The highest BCUT2D eigenvalue weighted by molar-refractivity contribution is 6.16. The predicted molar refractivity (Wildman–Crippen MR) is 483 cm³/mol. The highest BCUT2D eigenvalue weighted by Crippen LogP contribution is 2.48. The highest BCUT2D eigenvalue weighted by atomic mass is 15.0. The molecule has 0 unspecified atom stereocenters. The summed E-state index contributed by atoms with van der Waals surface area (Å²) in [6.07, 6.45) is 7.72. The molecule has 0 amide bonds. The average Bonchev–Trinajstić information content (AvgIpc) is 1.56. The minimum absolute atomic E-state index is 0.515. The number of fused-ring (bicyclic) bond motifs is 12. The molecule has 0 atom stereocenters. The predicted octanol–water partition coefficient (Wildman–Crippen LogP) is 26.1. The summed E-state index contributed by atoms with van der Waals surface area (Å²) in [6.45, 7) is 0. The van der Waals surface area contributed by atoms with Crippen molar-refractivity contribution in [1.82, 2.24) is 38.2 Å². The molecule has 0 aliphatic rings. The van der Waals surface area contributed by atoms with Gasteiger partial charge in [0.2, 0.25) is 0 Å². The zero-order chi connectivity index (χ0) is 80.1. The molecule has 0 saturated heterocycles. The third kappa shape index (κ3) is 11.6. The van der Waals surface area contributed by atoms with Crippen molar-refractivity contribution in [3.63, 3.8) is 0 Å². The fourth-order valence-electron chi connectivity index (χ4n) is 17.8. The van der Waals surface area contributed by atoms with E-state index in [-0.39, 0.29) is 0 Å². The van der Waals surface area contributed by atoms with Crippen molar-refractivity contribution in [1.29, 1.82) is 21.0 Å². The van der Waals surface area contributed by atoms with Crippen LogP contribution in [0.5, 0.6) is 0 Å². The first kappa shape index (κ1) is 69.5. The molecule has 7 heterocycles. The molecule has 0 spiro atoms. The fraction of sp³-hybridized carbons (Fsp3) is 0. The van der Waals surface area contributed by atoms with Crippen LogP contribution in [0.2, 0.25) is 0 Å². The first-order valence-corrected chi connectivity index (χ1v) is 39.6. The molecule has 0 fully saturated rings. The Balaban J connectivity index is 0.771. The lowest BCUT2D eigenvalue weighted by Crippen LogP contribution is -2.04. The van der Waals surface area contributed by atoms with Gasteiger partial charge in [0.05, 0.1) is 137 Å². The maximum absolute atomic E-state index is 9.84. The van der Waals surface area contributed by atoms with Gasteiger partial charge in [-0.3, -0.25) is 9.97 Å². The van der Waals surface area contributed by atoms with Crippen LogP contribution in [0.3, 0.4) is 0 Å². The van der Waals surface area contributed by atoms with E-state index in [2.05, 4.69) is 291 Å². The van der Waals surface area contributed by atoms with Gasteiger partial charge in [0.25, 0.3) is 0 Å². The van der Waals surface area contributed by atoms with Crippen LogP contribution in [0.4, 0.5) is 0 Å². The van der Waals surface area contributed by atoms with Crippen molar-refractivity contribution in [2.24, 2.45) is 0 Å². The second kappa shape index (κ2) is 28.4. The van der Waals surface area contributed by atoms with Crippen molar-refractivity contribution < 1.29 is 0 Å². The molecular weight excluding hydrogens is 1470 g/mol. The molecule has 12 heteroatoms. The second-order valence-corrected chi connectivity index (χ2v) is 30.2. The fourth-order valence-corrected chi connectivity index (χ4v) is 17.8. The van der Waals surface area contributed by atoms with Gasteiger partial charge in [-0.2, -0.15) is 21.0 Å². The average molecular weight is 1530 g/mol. The molecule has 0 aliphatic carbocycles. The molecule has 15 aromatic carbocycles. The van der Waals surface area contributed by atoms with Gasteiger partial charge in [-0.05, 0) is 196 Å². The molecule has 22 rings (SSSR count). The largest absolute Gasteiger partial charge is 0.309 e. The lowest BCUT2D eigenvalue weighted by Gasteiger charge is -2.20. The van der Waals surface area contributed by atoms with E-state index in [1.54, 1.807) is 0 Å². The number of nitriles is 4. The second-order valence-electron chi connectivity index (χ2n) is 30.2. The summed E-state index contributed by atoms with van der Waals surface area (Å²) in [5.74, 6) is 0.515. The normalized spacial score (nSPS) is 11.5. The maximum Gasteiger partial charge on any atom is 0.160 e. The Hall–Kier alpha value is -17.2. The summed E-state index contributed by atoms with van der Waals surface area (Å²) in [6, 6.07) is 131. The standard InChI is InChI=1S/C108H62N12/c109-61-67-22-30-71(31-23-67)76-40-46-100-90(54-76)82-14-4-8-18-96(82)117(100)104-58-80(38-44-86(104)88-50-52-113-65-106(88)119-98-20-10-6-16-84(98)92-56-78(42-48-102(92)119)73-34-26-69(63-111)27-35-73)95-60-94(75-12-2-1-3-13-75)115-108(116-95)81-39-45-87(105(59-81)118-97-19-9-5-15-83(97)91-55-77(41-47-101(91)118)72-32-24-68(62-110)25-33-72)89-51-53-114-66-107(89)120-99-21-11-7-17-85(99)93-57-79(43-49-103(93)120)74-36-28-70(64-112)29-37-74/h1-60,65-66H. The van der Waals surface area contributed by atoms with Gasteiger partial charge in [-0.15, -0.1) is 0 Å². The molecule has 0 saturated carbocycles. The smallest absolute Gasteiger partial charge is 0.160 e. The summed E-state index contributed by atoms with van der Waals surface area (Å²) in [7, 11) is 0. The number of hydrogen-bond donors (Lipinski definition) is 0. The van der Waals surface area contributed by atoms with Crippen LogP contribution in [-0.2, 0) is 0 Å². The Labute approximate surface area is 688 Å². The molecule has 0 bridgehead atoms. The van der Waals surface area contributed by atoms with Crippen LogP contribution in [0.25, 0.3) is 211 Å². The summed E-state index contributed by atoms with van der Waals surface area (Å²) in [4.78, 5) is 21.3. The SMILES string of the molecule is N#Cc1ccc(-c2ccc3c(c2)c2ccccc2n3-c2cnccc2-c2ccc(-c3cc(-c4ccccc4)nc(-c4ccc(-c5ccncc5-n5c6ccccc6c6cc(-c7ccc(C#N)cc7)ccc65)c(-n5c6ccccc6c6cc(-c7ccc(C#N)cc7)ccc65)c4)n3)cc2-n2c3ccccc3c3cc(-c4ccc(C#N)cc4)ccc32)cc1. The first-order chi connectivity index (χ1) is 59.3. The van der Waals surface area contributed by atoms with Crippen LogP contribution in [-0.4, -0.2) is 38.2 Å². The van der Waals surface area contributed by atoms with E-state index in [0.29, 0.717) is 33.8 Å². The monoisotopic (exact) mass is 1530 g/mol. The molecule has 0 N–H and O–H groups in total. The van der Waals surface area contributed by atoms with E-state index in [4.69, 9.17) is 19.9 Å². The summed E-state index contributed by atoms with van der Waals surface area (Å²) < 4.78 is 9.47. The van der Waals surface area contributed by atoms with Crippen molar-refractivity contribution in [3.05, 3.63) is 399 Å². The Morgan fingerprint density at radius 3 is 0.825 bits per heavy atom. The van der Waals surface area contributed by atoms with Gasteiger partial charge in [0.1, 0.15) is 0 Å². The van der Waals surface area contributed by atoms with E-state index in [1.807, 2.05) is 128 Å². The number of aromatic nitrogens is 8. The van der Waals surface area contributed by atoms with E-state index in [1.165, 1.54) is 0 Å². The van der Waals surface area contributed by atoms with Crippen molar-refractivity contribution in [2.45, 2.75) is 0 Å². The molecule has 120 heavy (non-hydrogen) atoms. The Morgan fingerprint density at radius 1 is 0.200 bits per heavy atom. The minimum Gasteiger partial charge on any atom is -0.309 e. The topological polar surface area (TPSA) is 166 Å². The van der Waals surface area contributed by atoms with E-state index in [9.17, 15) is 21.0 Å². The van der Waals surface area contributed by atoms with E-state index >= 15 is 0 Å². The Bertz CT molecular complexity index is 7720. The minimum atomic E-state index is 0.515. The van der Waals surface area contributed by atoms with Crippen LogP contribution in [0.1, 0.15) is 22.3 Å². The van der Waals surface area contributed by atoms with Crippen molar-refractivity contribution >= 4 is 87.2 Å². The van der Waals surface area contributed by atoms with Gasteiger partial charge in [-0.1, -0.05) is 200 Å². The molecular formula is C108H62N12. The van der Waals surface area contributed by atoms with Gasteiger partial charge in [-0.25, -0.2) is 9.97 Å². The third-order valence-electron chi connectivity index (χ3n) is 23.6. The van der Waals surface area contributed by atoms with Gasteiger partial charge in [0, 0.05) is 94.4 Å². The summed E-state index contributed by atoms with van der Waals surface area (Å²) in [5, 5.41) is 47.7. The Kier molecular flexibility index (Phi) is 16.5. The number of rotatable bonds is 13. The Morgan fingerprint density at radius 2 is 0.475 bits per heavy atom. The number of para-hydroxylation sites is 4. The quantitative estimate of drug-likeness (QED) is 0.110. The number of benzene rings is 15. The molecule has 554 valence electrons. The first-order valence-electron chi connectivity index (χ1n) is 39.6. The lowest BCUT2D eigenvalue weighted by molar-refractivity contribution is 1.13. The summed E-state index contributed by atoms with van der Waals surface area (Å²) >= 11 is 0. The number of nitrogens with zero attached hydrogens (tertiary/aromatic N) is 12. The number of hydrogen-bond acceptors (Lipinski definition) is 8. The highest BCUT2D eigenvalue weighted by Gasteiger charge is 2.27. The van der Waals surface area contributed by atoms with Crippen LogP contribution in [0, 0.1) is 45.3 Å². The van der Waals surface area contributed by atoms with Gasteiger partial charge >= 0.3 is 0 Å². The maximum atomic E-state index is 9.84. The van der Waals surface area contributed by atoms with Crippen LogP contribution in [0.15, 0.2) is 377 Å². The van der Waals surface area contributed by atoms with Crippen LogP contribution >= 0.6 is 0 Å². The third-order valence-corrected chi connectivity index (χ3v) is 23.6. The summed E-state index contributed by atoms with van der Waals surface area (Å²) in [5.41, 5.74) is 30.0. The number of pyridine rings is 2.